The van der Waals surface area contributed by atoms with Gasteiger partial charge in [0, 0.05) is 19.6 Å². The SMILES string of the molecule is CCNC1CC(Oc2cc(C)ccc2C)C1OCCOC. The number of methoxy groups -OCH3 is 1. The van der Waals surface area contributed by atoms with E-state index in [2.05, 4.69) is 44.3 Å². The van der Waals surface area contributed by atoms with E-state index in [1.165, 1.54) is 11.1 Å². The number of aryl methyl sites for hydroxylation is 2. The molecule has 1 fully saturated rings. The molecule has 2 rings (SSSR count). The minimum atomic E-state index is 0.0972. The molecule has 1 aliphatic carbocycles. The van der Waals surface area contributed by atoms with E-state index in [1.807, 2.05) is 0 Å². The van der Waals surface area contributed by atoms with E-state index in [1.54, 1.807) is 7.11 Å². The van der Waals surface area contributed by atoms with Crippen LogP contribution in [0.3, 0.4) is 0 Å². The molecule has 0 heterocycles. The first-order chi connectivity index (χ1) is 10.2. The zero-order valence-corrected chi connectivity index (χ0v) is 13.5. The van der Waals surface area contributed by atoms with Gasteiger partial charge >= 0.3 is 0 Å². The summed E-state index contributed by atoms with van der Waals surface area (Å²) in [5.74, 6) is 0.968. The fourth-order valence-electron chi connectivity index (χ4n) is 2.65. The van der Waals surface area contributed by atoms with Crippen molar-refractivity contribution in [1.82, 2.24) is 5.32 Å². The van der Waals surface area contributed by atoms with Crippen molar-refractivity contribution in [3.05, 3.63) is 29.3 Å². The second-order valence-corrected chi connectivity index (χ2v) is 5.65. The summed E-state index contributed by atoms with van der Waals surface area (Å²) in [7, 11) is 1.69. The number of rotatable bonds is 8. The topological polar surface area (TPSA) is 39.7 Å². The quantitative estimate of drug-likeness (QED) is 0.747. The minimum Gasteiger partial charge on any atom is -0.487 e. The maximum atomic E-state index is 6.18. The first kappa shape index (κ1) is 16.3. The van der Waals surface area contributed by atoms with Crippen LogP contribution < -0.4 is 10.1 Å². The van der Waals surface area contributed by atoms with Crippen molar-refractivity contribution >= 4 is 0 Å². The maximum Gasteiger partial charge on any atom is 0.128 e. The van der Waals surface area contributed by atoms with Crippen LogP contribution in [0.4, 0.5) is 0 Å². The number of benzene rings is 1. The van der Waals surface area contributed by atoms with Crippen molar-refractivity contribution in [2.24, 2.45) is 0 Å². The molecule has 118 valence electrons. The Morgan fingerprint density at radius 3 is 2.76 bits per heavy atom. The van der Waals surface area contributed by atoms with Gasteiger partial charge in [-0.2, -0.15) is 0 Å². The summed E-state index contributed by atoms with van der Waals surface area (Å²) in [6, 6.07) is 6.69. The molecule has 0 bridgehead atoms. The zero-order valence-electron chi connectivity index (χ0n) is 13.5. The lowest BCUT2D eigenvalue weighted by Crippen LogP contribution is -2.61. The molecule has 1 aromatic rings. The molecule has 0 aromatic heterocycles. The molecular weight excluding hydrogens is 266 g/mol. The standard InChI is InChI=1S/C17H27NO3/c1-5-18-14-11-16(17(14)20-9-8-19-4)21-15-10-12(2)6-7-13(15)3/h6-7,10,14,16-18H,5,8-9,11H2,1-4H3. The summed E-state index contributed by atoms with van der Waals surface area (Å²) >= 11 is 0. The molecule has 21 heavy (non-hydrogen) atoms. The molecule has 0 spiro atoms. The normalized spacial score (nSPS) is 24.7. The van der Waals surface area contributed by atoms with E-state index in [4.69, 9.17) is 14.2 Å². The predicted molar refractivity (Wildman–Crippen MR) is 84.0 cm³/mol. The van der Waals surface area contributed by atoms with Gasteiger partial charge in [0.25, 0.3) is 0 Å². The molecule has 4 nitrogen and oxygen atoms in total. The van der Waals surface area contributed by atoms with Crippen molar-refractivity contribution in [3.63, 3.8) is 0 Å². The third-order valence-electron chi connectivity index (χ3n) is 3.94. The molecule has 0 aliphatic heterocycles. The Labute approximate surface area is 127 Å². The van der Waals surface area contributed by atoms with E-state index in [-0.39, 0.29) is 12.2 Å². The molecule has 1 N–H and O–H groups in total. The molecule has 1 aromatic carbocycles. The van der Waals surface area contributed by atoms with Gasteiger partial charge in [0.05, 0.1) is 13.2 Å². The van der Waals surface area contributed by atoms with Gasteiger partial charge in [-0.1, -0.05) is 19.1 Å². The van der Waals surface area contributed by atoms with Crippen LogP contribution in [0, 0.1) is 13.8 Å². The van der Waals surface area contributed by atoms with Gasteiger partial charge in [-0.05, 0) is 37.6 Å². The van der Waals surface area contributed by atoms with Crippen LogP contribution >= 0.6 is 0 Å². The molecule has 1 aliphatic rings. The molecular formula is C17H27NO3. The summed E-state index contributed by atoms with van der Waals surface area (Å²) < 4.78 is 17.2. The van der Waals surface area contributed by atoms with Crippen molar-refractivity contribution in [2.75, 3.05) is 26.9 Å². The number of ether oxygens (including phenoxy) is 3. The zero-order chi connectivity index (χ0) is 15.2. The maximum absolute atomic E-state index is 6.18. The predicted octanol–water partition coefficient (Wildman–Crippen LogP) is 2.46. The van der Waals surface area contributed by atoms with Gasteiger partial charge in [-0.25, -0.2) is 0 Å². The van der Waals surface area contributed by atoms with Crippen LogP contribution in [0.1, 0.15) is 24.5 Å². The largest absolute Gasteiger partial charge is 0.487 e. The van der Waals surface area contributed by atoms with Crippen molar-refractivity contribution < 1.29 is 14.2 Å². The molecule has 3 atom stereocenters. The van der Waals surface area contributed by atoms with Crippen LogP contribution in [0.2, 0.25) is 0 Å². The Morgan fingerprint density at radius 1 is 1.24 bits per heavy atom. The fourth-order valence-corrected chi connectivity index (χ4v) is 2.65. The van der Waals surface area contributed by atoms with Crippen molar-refractivity contribution in [2.45, 2.75) is 45.4 Å². The monoisotopic (exact) mass is 293 g/mol. The van der Waals surface area contributed by atoms with E-state index >= 15 is 0 Å². The summed E-state index contributed by atoms with van der Waals surface area (Å²) in [5, 5.41) is 3.45. The van der Waals surface area contributed by atoms with Gasteiger partial charge < -0.3 is 19.5 Å². The first-order valence-corrected chi connectivity index (χ1v) is 7.73. The highest BCUT2D eigenvalue weighted by Gasteiger charge is 2.43. The van der Waals surface area contributed by atoms with E-state index in [0.29, 0.717) is 19.3 Å². The third kappa shape index (κ3) is 4.19. The minimum absolute atomic E-state index is 0.0972. The lowest BCUT2D eigenvalue weighted by Gasteiger charge is -2.44. The second kappa shape index (κ2) is 7.78. The van der Waals surface area contributed by atoms with Gasteiger partial charge in [0.1, 0.15) is 18.0 Å². The molecule has 0 radical (unpaired) electrons. The van der Waals surface area contributed by atoms with Crippen molar-refractivity contribution in [3.8, 4) is 5.75 Å². The highest BCUT2D eigenvalue weighted by molar-refractivity contribution is 5.36. The average molecular weight is 293 g/mol. The fraction of sp³-hybridized carbons (Fsp3) is 0.647. The second-order valence-electron chi connectivity index (χ2n) is 5.65. The van der Waals surface area contributed by atoms with Crippen LogP contribution in [-0.2, 0) is 9.47 Å². The number of nitrogens with one attached hydrogen (secondary N) is 1. The lowest BCUT2D eigenvalue weighted by atomic mass is 9.85. The third-order valence-corrected chi connectivity index (χ3v) is 3.94. The van der Waals surface area contributed by atoms with E-state index in [9.17, 15) is 0 Å². The Kier molecular flexibility index (Phi) is 6.03. The molecule has 1 saturated carbocycles. The summed E-state index contributed by atoms with van der Waals surface area (Å²) in [4.78, 5) is 0. The van der Waals surface area contributed by atoms with Crippen molar-refractivity contribution in [1.29, 1.82) is 0 Å². The van der Waals surface area contributed by atoms with Crippen LogP contribution in [-0.4, -0.2) is 45.1 Å². The molecule has 0 amide bonds. The summed E-state index contributed by atoms with van der Waals surface area (Å²) in [6.07, 6.45) is 1.20. The number of likely N-dealkylation sites (N-methyl/N-ethyl adjacent to an activating group) is 1. The van der Waals surface area contributed by atoms with Gasteiger partial charge in [0.15, 0.2) is 0 Å². The highest BCUT2D eigenvalue weighted by atomic mass is 16.6. The van der Waals surface area contributed by atoms with Crippen LogP contribution in [0.15, 0.2) is 18.2 Å². The summed E-state index contributed by atoms with van der Waals surface area (Å²) in [5.41, 5.74) is 2.39. The van der Waals surface area contributed by atoms with Gasteiger partial charge in [0.2, 0.25) is 0 Å². The van der Waals surface area contributed by atoms with Crippen LogP contribution in [0.25, 0.3) is 0 Å². The Balaban J connectivity index is 1.96. The van der Waals surface area contributed by atoms with Gasteiger partial charge in [-0.3, -0.25) is 0 Å². The molecule has 4 heteroatoms. The highest BCUT2D eigenvalue weighted by Crippen LogP contribution is 2.31. The van der Waals surface area contributed by atoms with E-state index < -0.39 is 0 Å². The summed E-state index contributed by atoms with van der Waals surface area (Å²) in [6.45, 7) is 8.45. The molecule has 0 saturated heterocycles. The number of hydrogen-bond acceptors (Lipinski definition) is 4. The Bertz CT molecular complexity index is 450. The van der Waals surface area contributed by atoms with Gasteiger partial charge in [-0.15, -0.1) is 0 Å². The lowest BCUT2D eigenvalue weighted by molar-refractivity contribution is -0.115. The first-order valence-electron chi connectivity index (χ1n) is 7.73. The Hall–Kier alpha value is -1.10. The smallest absolute Gasteiger partial charge is 0.128 e. The molecule has 3 unspecified atom stereocenters. The van der Waals surface area contributed by atoms with E-state index in [0.717, 1.165) is 18.7 Å². The average Bonchev–Trinajstić information content (AvgIpc) is 2.46. The number of hydrogen-bond donors (Lipinski definition) is 1. The Morgan fingerprint density at radius 2 is 2.05 bits per heavy atom. The van der Waals surface area contributed by atoms with Crippen LogP contribution in [0.5, 0.6) is 5.75 Å².